The summed E-state index contributed by atoms with van der Waals surface area (Å²) in [5, 5.41) is 12.7. The summed E-state index contributed by atoms with van der Waals surface area (Å²) in [6.45, 7) is 1.69. The topological polar surface area (TPSA) is 98.3 Å². The fourth-order valence-corrected chi connectivity index (χ4v) is 1.39. The average Bonchev–Trinajstić information content (AvgIpc) is 2.29. The molecule has 0 heterocycles. The molecule has 1 rings (SSSR count). The molecule has 0 aliphatic rings. The molecule has 0 saturated carbocycles. The number of hydrogen-bond donors (Lipinski definition) is 2. The highest BCUT2D eigenvalue weighted by atomic mass is 19.1. The molecule has 0 aromatic heterocycles. The number of anilines is 1. The average molecular weight is 273 g/mol. The number of nitrogens with zero attached hydrogens (tertiary/aromatic N) is 1. The van der Waals surface area contributed by atoms with Crippen LogP contribution < -0.4 is 11.1 Å². The summed E-state index contributed by atoms with van der Waals surface area (Å²) in [5.41, 5.74) is 3.99. The molecule has 3 N–H and O–H groups in total. The van der Waals surface area contributed by atoms with E-state index in [0.29, 0.717) is 18.6 Å². The lowest BCUT2D eigenvalue weighted by Crippen LogP contribution is -2.20. The molecule has 0 fully saturated rings. The molecule has 0 saturated heterocycles. The Balaban J connectivity index is 2.94. The van der Waals surface area contributed by atoms with Crippen molar-refractivity contribution in [2.75, 3.05) is 5.32 Å². The second kappa shape index (κ2) is 6.19. The van der Waals surface area contributed by atoms with Crippen molar-refractivity contribution in [1.29, 1.82) is 0 Å². The number of carbonyl (C=O) groups is 1. The summed E-state index contributed by atoms with van der Waals surface area (Å²) in [6.07, 6.45) is 0.341. The minimum atomic E-state index is -1.19. The highest BCUT2D eigenvalue weighted by Crippen LogP contribution is 2.28. The molecule has 0 spiro atoms. The van der Waals surface area contributed by atoms with Gasteiger partial charge in [-0.3, -0.25) is 14.9 Å². The largest absolute Gasteiger partial charge is 0.328 e. The molecule has 0 aliphatic carbocycles. The number of benzene rings is 1. The number of nitro groups is 1. The van der Waals surface area contributed by atoms with E-state index in [1.54, 1.807) is 6.92 Å². The van der Waals surface area contributed by atoms with Gasteiger partial charge in [0.1, 0.15) is 5.82 Å². The first kappa shape index (κ1) is 15.0. The Morgan fingerprint density at radius 3 is 2.68 bits per heavy atom. The predicted octanol–water partition coefficient (Wildman–Crippen LogP) is 1.94. The molecule has 0 aliphatic heterocycles. The Morgan fingerprint density at radius 2 is 2.16 bits per heavy atom. The Hall–Kier alpha value is -2.09. The van der Waals surface area contributed by atoms with Gasteiger partial charge in [0, 0.05) is 18.5 Å². The van der Waals surface area contributed by atoms with Crippen molar-refractivity contribution in [2.24, 2.45) is 5.73 Å². The second-order valence-corrected chi connectivity index (χ2v) is 4.10. The van der Waals surface area contributed by atoms with Crippen molar-refractivity contribution >= 4 is 17.3 Å². The first-order valence-electron chi connectivity index (χ1n) is 5.50. The van der Waals surface area contributed by atoms with E-state index in [0.717, 1.165) is 0 Å². The minimum absolute atomic E-state index is 0.00830. The minimum Gasteiger partial charge on any atom is -0.328 e. The Kier molecular flexibility index (Phi) is 4.87. The highest BCUT2D eigenvalue weighted by Gasteiger charge is 2.22. The van der Waals surface area contributed by atoms with Crippen LogP contribution in [0.1, 0.15) is 19.8 Å². The van der Waals surface area contributed by atoms with E-state index < -0.39 is 33.8 Å². The maximum absolute atomic E-state index is 13.4. The van der Waals surface area contributed by atoms with E-state index >= 15 is 0 Å². The number of hydrogen-bond acceptors (Lipinski definition) is 4. The first-order chi connectivity index (χ1) is 8.81. The lowest BCUT2D eigenvalue weighted by atomic mass is 10.2. The molecular weight excluding hydrogens is 260 g/mol. The van der Waals surface area contributed by atoms with E-state index in [4.69, 9.17) is 5.73 Å². The van der Waals surface area contributed by atoms with Crippen molar-refractivity contribution in [1.82, 2.24) is 0 Å². The van der Waals surface area contributed by atoms with Gasteiger partial charge >= 0.3 is 0 Å². The maximum Gasteiger partial charge on any atom is 0.298 e. The number of amides is 1. The molecule has 0 radical (unpaired) electrons. The van der Waals surface area contributed by atoms with Crippen LogP contribution in [0.3, 0.4) is 0 Å². The standard InChI is InChI=1S/C11H13F2N3O3/c1-6(14)2-3-10(17)15-11-8(13)4-7(12)5-9(11)16(18)19/h4-6H,2-3,14H2,1H3,(H,15,17). The fraction of sp³-hybridized carbons (Fsp3) is 0.364. The Bertz CT molecular complexity index is 506. The van der Waals surface area contributed by atoms with Gasteiger partial charge in [0.25, 0.3) is 5.69 Å². The van der Waals surface area contributed by atoms with Gasteiger partial charge in [0.15, 0.2) is 11.5 Å². The lowest BCUT2D eigenvalue weighted by Gasteiger charge is -2.08. The number of rotatable bonds is 5. The quantitative estimate of drug-likeness (QED) is 0.632. The molecular formula is C11H13F2N3O3. The van der Waals surface area contributed by atoms with Crippen LogP contribution in [0.15, 0.2) is 12.1 Å². The monoisotopic (exact) mass is 273 g/mol. The smallest absolute Gasteiger partial charge is 0.298 e. The normalized spacial score (nSPS) is 12.0. The van der Waals surface area contributed by atoms with Crippen LogP contribution in [0.25, 0.3) is 0 Å². The molecule has 1 aromatic carbocycles. The van der Waals surface area contributed by atoms with Crippen molar-refractivity contribution in [3.05, 3.63) is 33.9 Å². The summed E-state index contributed by atoms with van der Waals surface area (Å²) in [6, 6.07) is 0.789. The molecule has 1 aromatic rings. The summed E-state index contributed by atoms with van der Waals surface area (Å²) in [7, 11) is 0. The SMILES string of the molecule is CC(N)CCC(=O)Nc1c(F)cc(F)cc1[N+](=O)[O-]. The summed E-state index contributed by atoms with van der Waals surface area (Å²) in [5.74, 6) is -2.90. The molecule has 6 nitrogen and oxygen atoms in total. The molecule has 19 heavy (non-hydrogen) atoms. The van der Waals surface area contributed by atoms with Crippen LogP contribution in [-0.4, -0.2) is 16.9 Å². The van der Waals surface area contributed by atoms with Crippen LogP contribution in [0.4, 0.5) is 20.2 Å². The van der Waals surface area contributed by atoms with Crippen LogP contribution in [0.5, 0.6) is 0 Å². The predicted molar refractivity (Wildman–Crippen MR) is 64.5 cm³/mol. The highest BCUT2D eigenvalue weighted by molar-refractivity contribution is 5.93. The second-order valence-electron chi connectivity index (χ2n) is 4.10. The van der Waals surface area contributed by atoms with E-state index in [1.807, 2.05) is 0 Å². The lowest BCUT2D eigenvalue weighted by molar-refractivity contribution is -0.384. The first-order valence-corrected chi connectivity index (χ1v) is 5.50. The van der Waals surface area contributed by atoms with Gasteiger partial charge in [-0.15, -0.1) is 0 Å². The molecule has 1 amide bonds. The van der Waals surface area contributed by atoms with Gasteiger partial charge in [0.2, 0.25) is 5.91 Å². The Morgan fingerprint density at radius 1 is 1.53 bits per heavy atom. The van der Waals surface area contributed by atoms with E-state index in [-0.39, 0.29) is 12.5 Å². The van der Waals surface area contributed by atoms with E-state index in [9.17, 15) is 23.7 Å². The third-order valence-electron chi connectivity index (χ3n) is 2.32. The number of nitro benzene ring substituents is 1. The van der Waals surface area contributed by atoms with E-state index in [2.05, 4.69) is 5.32 Å². The zero-order valence-corrected chi connectivity index (χ0v) is 10.2. The van der Waals surface area contributed by atoms with Crippen molar-refractivity contribution in [2.45, 2.75) is 25.8 Å². The number of nitrogens with one attached hydrogen (secondary N) is 1. The molecule has 104 valence electrons. The molecule has 8 heteroatoms. The van der Waals surface area contributed by atoms with Crippen LogP contribution in [-0.2, 0) is 4.79 Å². The third kappa shape index (κ3) is 4.25. The maximum atomic E-state index is 13.4. The van der Waals surface area contributed by atoms with Crippen molar-refractivity contribution in [3.63, 3.8) is 0 Å². The zero-order chi connectivity index (χ0) is 14.6. The Labute approximate surface area is 107 Å². The van der Waals surface area contributed by atoms with Gasteiger partial charge in [-0.05, 0) is 13.3 Å². The van der Waals surface area contributed by atoms with Crippen molar-refractivity contribution in [3.8, 4) is 0 Å². The van der Waals surface area contributed by atoms with Gasteiger partial charge in [-0.2, -0.15) is 0 Å². The molecule has 1 unspecified atom stereocenters. The third-order valence-corrected chi connectivity index (χ3v) is 2.32. The molecule has 1 atom stereocenters. The van der Waals surface area contributed by atoms with Crippen LogP contribution in [0, 0.1) is 21.7 Å². The number of nitrogens with two attached hydrogens (primary N) is 1. The van der Waals surface area contributed by atoms with Gasteiger partial charge in [0.05, 0.1) is 11.0 Å². The summed E-state index contributed by atoms with van der Waals surface area (Å²) in [4.78, 5) is 21.2. The van der Waals surface area contributed by atoms with Crippen LogP contribution >= 0.6 is 0 Å². The van der Waals surface area contributed by atoms with Crippen molar-refractivity contribution < 1.29 is 18.5 Å². The zero-order valence-electron chi connectivity index (χ0n) is 10.2. The van der Waals surface area contributed by atoms with Crippen LogP contribution in [0.2, 0.25) is 0 Å². The van der Waals surface area contributed by atoms with E-state index in [1.165, 1.54) is 0 Å². The van der Waals surface area contributed by atoms with Gasteiger partial charge in [-0.1, -0.05) is 0 Å². The molecule has 0 bridgehead atoms. The summed E-state index contributed by atoms with van der Waals surface area (Å²) >= 11 is 0. The summed E-state index contributed by atoms with van der Waals surface area (Å²) < 4.78 is 26.3. The van der Waals surface area contributed by atoms with Gasteiger partial charge < -0.3 is 11.1 Å². The number of carbonyl (C=O) groups excluding carboxylic acids is 1. The number of halogens is 2. The van der Waals surface area contributed by atoms with Gasteiger partial charge in [-0.25, -0.2) is 8.78 Å². The fourth-order valence-electron chi connectivity index (χ4n) is 1.39.